The van der Waals surface area contributed by atoms with Crippen molar-refractivity contribution in [3.05, 3.63) is 29.3 Å². The van der Waals surface area contributed by atoms with E-state index in [-0.39, 0.29) is 12.3 Å². The predicted molar refractivity (Wildman–Crippen MR) is 66.4 cm³/mol. The standard InChI is InChI=1S/C14H18O4/c1-9-6-10-4-5-11(17-2)7-12(10)14(9,16)8-13(15)18-3/h4-5,7,9,16H,6,8H2,1-3H3. The van der Waals surface area contributed by atoms with Crippen molar-refractivity contribution in [1.29, 1.82) is 0 Å². The van der Waals surface area contributed by atoms with Crippen LogP contribution in [0.25, 0.3) is 0 Å². The van der Waals surface area contributed by atoms with Crippen molar-refractivity contribution >= 4 is 5.97 Å². The summed E-state index contributed by atoms with van der Waals surface area (Å²) >= 11 is 0. The van der Waals surface area contributed by atoms with Gasteiger partial charge in [-0.15, -0.1) is 0 Å². The molecule has 1 aromatic carbocycles. The number of methoxy groups -OCH3 is 2. The number of hydrogen-bond acceptors (Lipinski definition) is 4. The van der Waals surface area contributed by atoms with Gasteiger partial charge >= 0.3 is 5.97 Å². The summed E-state index contributed by atoms with van der Waals surface area (Å²) in [5, 5.41) is 10.8. The van der Waals surface area contributed by atoms with Crippen molar-refractivity contribution in [3.63, 3.8) is 0 Å². The maximum Gasteiger partial charge on any atom is 0.308 e. The summed E-state index contributed by atoms with van der Waals surface area (Å²) in [5.74, 6) is 0.268. The number of esters is 1. The molecule has 1 aliphatic rings. The zero-order valence-corrected chi connectivity index (χ0v) is 10.9. The molecule has 0 aromatic heterocycles. The van der Waals surface area contributed by atoms with E-state index in [4.69, 9.17) is 4.74 Å². The molecular formula is C14H18O4. The Kier molecular flexibility index (Phi) is 3.30. The molecule has 1 aromatic rings. The molecule has 0 aliphatic heterocycles. The number of carbonyl (C=O) groups is 1. The van der Waals surface area contributed by atoms with Crippen LogP contribution in [0, 0.1) is 5.92 Å². The number of aliphatic hydroxyl groups is 1. The monoisotopic (exact) mass is 250 g/mol. The van der Waals surface area contributed by atoms with E-state index >= 15 is 0 Å². The fourth-order valence-corrected chi connectivity index (χ4v) is 2.59. The molecule has 2 rings (SSSR count). The van der Waals surface area contributed by atoms with Gasteiger partial charge < -0.3 is 14.6 Å². The molecule has 0 spiro atoms. The van der Waals surface area contributed by atoms with Crippen molar-refractivity contribution in [3.8, 4) is 5.75 Å². The van der Waals surface area contributed by atoms with Gasteiger partial charge in [0.15, 0.2) is 0 Å². The van der Waals surface area contributed by atoms with Gasteiger partial charge in [-0.3, -0.25) is 4.79 Å². The molecule has 4 heteroatoms. The van der Waals surface area contributed by atoms with Gasteiger partial charge in [0.25, 0.3) is 0 Å². The summed E-state index contributed by atoms with van der Waals surface area (Å²) in [6, 6.07) is 5.62. The highest BCUT2D eigenvalue weighted by atomic mass is 16.5. The van der Waals surface area contributed by atoms with Gasteiger partial charge in [0.05, 0.1) is 20.6 Å². The Hall–Kier alpha value is -1.55. The van der Waals surface area contributed by atoms with E-state index in [0.717, 1.165) is 17.5 Å². The summed E-state index contributed by atoms with van der Waals surface area (Å²) in [7, 11) is 2.91. The van der Waals surface area contributed by atoms with Gasteiger partial charge in [0.1, 0.15) is 11.4 Å². The van der Waals surface area contributed by atoms with E-state index in [1.165, 1.54) is 7.11 Å². The van der Waals surface area contributed by atoms with Gasteiger partial charge in [0.2, 0.25) is 0 Å². The van der Waals surface area contributed by atoms with E-state index in [1.54, 1.807) is 7.11 Å². The van der Waals surface area contributed by atoms with E-state index in [2.05, 4.69) is 4.74 Å². The SMILES string of the molecule is COC(=O)CC1(O)c2cc(OC)ccc2CC1C. The first kappa shape index (κ1) is 12.9. The molecule has 0 saturated heterocycles. The summed E-state index contributed by atoms with van der Waals surface area (Å²) in [5.41, 5.74) is 0.686. The molecule has 4 nitrogen and oxygen atoms in total. The van der Waals surface area contributed by atoms with Crippen LogP contribution in [0.3, 0.4) is 0 Å². The van der Waals surface area contributed by atoms with Crippen molar-refractivity contribution < 1.29 is 19.4 Å². The minimum Gasteiger partial charge on any atom is -0.497 e. The number of benzene rings is 1. The molecule has 1 aliphatic carbocycles. The molecule has 2 atom stereocenters. The molecule has 0 amide bonds. The lowest BCUT2D eigenvalue weighted by Crippen LogP contribution is -2.33. The van der Waals surface area contributed by atoms with Crippen LogP contribution in [0.2, 0.25) is 0 Å². The first-order valence-corrected chi connectivity index (χ1v) is 5.98. The van der Waals surface area contributed by atoms with Crippen LogP contribution in [0.15, 0.2) is 18.2 Å². The lowest BCUT2D eigenvalue weighted by Gasteiger charge is -2.28. The molecule has 0 saturated carbocycles. The smallest absolute Gasteiger partial charge is 0.308 e. The highest BCUT2D eigenvalue weighted by Gasteiger charge is 2.44. The summed E-state index contributed by atoms with van der Waals surface area (Å²) in [6.07, 6.45) is 0.734. The lowest BCUT2D eigenvalue weighted by molar-refractivity contribution is -0.148. The molecule has 0 bridgehead atoms. The normalized spacial score (nSPS) is 25.7. The topological polar surface area (TPSA) is 55.8 Å². The first-order chi connectivity index (χ1) is 8.51. The highest BCUT2D eigenvalue weighted by Crippen LogP contribution is 2.45. The fraction of sp³-hybridized carbons (Fsp3) is 0.500. The Balaban J connectivity index is 2.41. The average Bonchev–Trinajstić information content (AvgIpc) is 2.61. The highest BCUT2D eigenvalue weighted by molar-refractivity contribution is 5.71. The quantitative estimate of drug-likeness (QED) is 0.829. The lowest BCUT2D eigenvalue weighted by atomic mass is 9.85. The summed E-state index contributed by atoms with van der Waals surface area (Å²) in [6.45, 7) is 1.94. The largest absolute Gasteiger partial charge is 0.497 e. The maximum absolute atomic E-state index is 11.5. The van der Waals surface area contributed by atoms with Crippen molar-refractivity contribution in [2.45, 2.75) is 25.4 Å². The van der Waals surface area contributed by atoms with Crippen LogP contribution in [0.4, 0.5) is 0 Å². The number of carbonyl (C=O) groups excluding carboxylic acids is 1. The van der Waals surface area contributed by atoms with Gasteiger partial charge in [-0.05, 0) is 35.6 Å². The van der Waals surface area contributed by atoms with Crippen molar-refractivity contribution in [1.82, 2.24) is 0 Å². The van der Waals surface area contributed by atoms with Crippen molar-refractivity contribution in [2.75, 3.05) is 14.2 Å². The number of fused-ring (bicyclic) bond motifs is 1. The number of ether oxygens (including phenoxy) is 2. The molecule has 2 unspecified atom stereocenters. The molecular weight excluding hydrogens is 232 g/mol. The van der Waals surface area contributed by atoms with Gasteiger partial charge in [-0.1, -0.05) is 13.0 Å². The van der Waals surface area contributed by atoms with Gasteiger partial charge in [-0.25, -0.2) is 0 Å². The zero-order valence-electron chi connectivity index (χ0n) is 10.9. The van der Waals surface area contributed by atoms with Crippen LogP contribution < -0.4 is 4.74 Å². The van der Waals surface area contributed by atoms with Crippen molar-refractivity contribution in [2.24, 2.45) is 5.92 Å². The van der Waals surface area contributed by atoms with Crippen LogP contribution in [0.1, 0.15) is 24.5 Å². The second kappa shape index (κ2) is 4.61. The maximum atomic E-state index is 11.5. The van der Waals surface area contributed by atoms with Crippen LogP contribution in [0.5, 0.6) is 5.75 Å². The van der Waals surface area contributed by atoms with Crippen LogP contribution in [-0.4, -0.2) is 25.3 Å². The predicted octanol–water partition coefficient (Wildman–Crippen LogP) is 1.64. The summed E-state index contributed by atoms with van der Waals surface area (Å²) < 4.78 is 9.84. The summed E-state index contributed by atoms with van der Waals surface area (Å²) in [4.78, 5) is 11.5. The zero-order chi connectivity index (χ0) is 13.3. The third kappa shape index (κ3) is 1.97. The average molecular weight is 250 g/mol. The molecule has 0 fully saturated rings. The Bertz CT molecular complexity index is 469. The molecule has 0 heterocycles. The fourth-order valence-electron chi connectivity index (χ4n) is 2.59. The second-order valence-electron chi connectivity index (χ2n) is 4.81. The van der Waals surface area contributed by atoms with E-state index in [0.29, 0.717) is 5.75 Å². The molecule has 98 valence electrons. The van der Waals surface area contributed by atoms with E-state index in [1.807, 2.05) is 25.1 Å². The Morgan fingerprint density at radius 3 is 2.83 bits per heavy atom. The van der Waals surface area contributed by atoms with Gasteiger partial charge in [-0.2, -0.15) is 0 Å². The Morgan fingerprint density at radius 2 is 2.22 bits per heavy atom. The molecule has 1 N–H and O–H groups in total. The number of rotatable bonds is 3. The van der Waals surface area contributed by atoms with Crippen LogP contribution in [-0.2, 0) is 21.6 Å². The van der Waals surface area contributed by atoms with Gasteiger partial charge in [0, 0.05) is 0 Å². The third-order valence-corrected chi connectivity index (χ3v) is 3.77. The minimum atomic E-state index is -1.16. The Labute approximate surface area is 107 Å². The minimum absolute atomic E-state index is 0.0151. The van der Waals surface area contributed by atoms with Crippen LogP contribution >= 0.6 is 0 Å². The van der Waals surface area contributed by atoms with E-state index < -0.39 is 11.6 Å². The second-order valence-corrected chi connectivity index (χ2v) is 4.81. The van der Waals surface area contributed by atoms with E-state index in [9.17, 15) is 9.90 Å². The molecule has 0 radical (unpaired) electrons. The number of hydrogen-bond donors (Lipinski definition) is 1. The first-order valence-electron chi connectivity index (χ1n) is 5.98. The third-order valence-electron chi connectivity index (χ3n) is 3.77. The molecule has 18 heavy (non-hydrogen) atoms. The Morgan fingerprint density at radius 1 is 1.50 bits per heavy atom.